The van der Waals surface area contributed by atoms with Gasteiger partial charge in [0, 0.05) is 0 Å². The number of carbonyl (C=O) groups excluding carboxylic acids is 3. The summed E-state index contributed by atoms with van der Waals surface area (Å²) in [5.41, 5.74) is 0. The zero-order valence-corrected chi connectivity index (χ0v) is 15.0. The number of rotatable bonds is 7. The SMILES string of the molecule is CSCCC(NC(=O)C(C)N1C(=O)C2C3C=CC(C3)C2C1=O)C(=O)O. The van der Waals surface area contributed by atoms with Gasteiger partial charge in [0.25, 0.3) is 0 Å². The van der Waals surface area contributed by atoms with E-state index in [0.717, 1.165) is 11.3 Å². The first kappa shape index (κ1) is 18.0. The first-order valence-corrected chi connectivity index (χ1v) is 9.83. The number of carboxylic acids is 1. The second-order valence-corrected chi connectivity index (χ2v) is 7.89. The van der Waals surface area contributed by atoms with Crippen molar-refractivity contribution in [3.63, 3.8) is 0 Å². The van der Waals surface area contributed by atoms with Gasteiger partial charge in [0.2, 0.25) is 17.7 Å². The second-order valence-electron chi connectivity index (χ2n) is 6.90. The van der Waals surface area contributed by atoms with E-state index in [1.54, 1.807) is 0 Å². The summed E-state index contributed by atoms with van der Waals surface area (Å²) in [6.45, 7) is 1.48. The monoisotopic (exact) mass is 366 g/mol. The zero-order valence-electron chi connectivity index (χ0n) is 14.2. The smallest absolute Gasteiger partial charge is 0.326 e. The normalized spacial score (nSPS) is 32.0. The van der Waals surface area contributed by atoms with Crippen molar-refractivity contribution in [2.75, 3.05) is 12.0 Å². The van der Waals surface area contributed by atoms with Crippen LogP contribution in [0.5, 0.6) is 0 Å². The lowest BCUT2D eigenvalue weighted by Gasteiger charge is -2.25. The summed E-state index contributed by atoms with van der Waals surface area (Å²) in [5, 5.41) is 11.7. The molecule has 3 rings (SSSR count). The van der Waals surface area contributed by atoms with Crippen molar-refractivity contribution in [2.45, 2.75) is 31.8 Å². The van der Waals surface area contributed by atoms with Crippen LogP contribution in [0.3, 0.4) is 0 Å². The minimum atomic E-state index is -1.12. The van der Waals surface area contributed by atoms with Crippen molar-refractivity contribution in [1.82, 2.24) is 10.2 Å². The Morgan fingerprint density at radius 3 is 2.32 bits per heavy atom. The predicted octanol–water partition coefficient (Wildman–Crippen LogP) is 0.504. The lowest BCUT2D eigenvalue weighted by molar-refractivity contribution is -0.149. The number of fused-ring (bicyclic) bond motifs is 5. The molecular formula is C17H22N2O5S. The Balaban J connectivity index is 1.69. The number of aliphatic carboxylic acids is 1. The maximum atomic E-state index is 12.7. The van der Waals surface area contributed by atoms with E-state index in [1.807, 2.05) is 18.4 Å². The maximum absolute atomic E-state index is 12.7. The van der Waals surface area contributed by atoms with Crippen molar-refractivity contribution in [1.29, 1.82) is 0 Å². The molecule has 136 valence electrons. The number of nitrogens with one attached hydrogen (secondary N) is 1. The summed E-state index contributed by atoms with van der Waals surface area (Å²) >= 11 is 1.49. The molecule has 0 aromatic heterocycles. The van der Waals surface area contributed by atoms with Crippen molar-refractivity contribution < 1.29 is 24.3 Å². The number of carboxylic acid groups (broad SMARTS) is 1. The molecule has 0 aromatic carbocycles. The van der Waals surface area contributed by atoms with E-state index in [0.29, 0.717) is 5.75 Å². The van der Waals surface area contributed by atoms with Crippen LogP contribution in [0.2, 0.25) is 0 Å². The lowest BCUT2D eigenvalue weighted by atomic mass is 9.85. The molecule has 1 saturated heterocycles. The molecule has 0 radical (unpaired) electrons. The van der Waals surface area contributed by atoms with Crippen LogP contribution in [-0.4, -0.2) is 57.8 Å². The number of likely N-dealkylation sites (tertiary alicyclic amines) is 1. The first-order chi connectivity index (χ1) is 11.9. The quantitative estimate of drug-likeness (QED) is 0.502. The first-order valence-electron chi connectivity index (χ1n) is 8.44. The molecule has 6 atom stereocenters. The van der Waals surface area contributed by atoms with Crippen molar-refractivity contribution in [3.8, 4) is 0 Å². The minimum absolute atomic E-state index is 0.0834. The maximum Gasteiger partial charge on any atom is 0.326 e. The Morgan fingerprint density at radius 2 is 1.84 bits per heavy atom. The standard InChI is InChI=1S/C17H22N2O5S/c1-8(14(20)18-11(17(23)24)5-6-25-2)19-15(21)12-9-3-4-10(7-9)13(12)16(19)22/h3-4,8-13H,5-7H2,1-2H3,(H,18,20)(H,23,24). The summed E-state index contributed by atoms with van der Waals surface area (Å²) < 4.78 is 0. The van der Waals surface area contributed by atoms with Gasteiger partial charge in [-0.2, -0.15) is 11.8 Å². The molecule has 2 bridgehead atoms. The summed E-state index contributed by atoms with van der Waals surface area (Å²) in [5.74, 6) is -2.28. The number of imide groups is 1. The fourth-order valence-corrected chi connectivity index (χ4v) is 4.68. The van der Waals surface area contributed by atoms with Crippen LogP contribution in [0.15, 0.2) is 12.2 Å². The molecule has 0 spiro atoms. The topological polar surface area (TPSA) is 104 Å². The Kier molecular flexibility index (Phi) is 4.90. The summed E-state index contributed by atoms with van der Waals surface area (Å²) in [4.78, 5) is 50.2. The van der Waals surface area contributed by atoms with Crippen LogP contribution in [0.25, 0.3) is 0 Å². The molecular weight excluding hydrogens is 344 g/mol. The number of nitrogens with zero attached hydrogens (tertiary/aromatic N) is 1. The van der Waals surface area contributed by atoms with Gasteiger partial charge in [-0.15, -0.1) is 0 Å². The van der Waals surface area contributed by atoms with Gasteiger partial charge in [-0.25, -0.2) is 4.79 Å². The number of carbonyl (C=O) groups is 4. The number of allylic oxidation sites excluding steroid dienone is 2. The Morgan fingerprint density at radius 1 is 1.28 bits per heavy atom. The molecule has 3 amide bonds. The van der Waals surface area contributed by atoms with Gasteiger partial charge in [-0.3, -0.25) is 19.3 Å². The number of thioether (sulfide) groups is 1. The largest absolute Gasteiger partial charge is 0.480 e. The molecule has 2 fully saturated rings. The third kappa shape index (κ3) is 2.96. The zero-order chi connectivity index (χ0) is 18.3. The lowest BCUT2D eigenvalue weighted by Crippen LogP contribution is -2.52. The highest BCUT2D eigenvalue weighted by molar-refractivity contribution is 7.98. The molecule has 2 aliphatic carbocycles. The van der Waals surface area contributed by atoms with Crippen molar-refractivity contribution in [3.05, 3.63) is 12.2 Å². The van der Waals surface area contributed by atoms with Gasteiger partial charge < -0.3 is 10.4 Å². The van der Waals surface area contributed by atoms with Crippen molar-refractivity contribution in [2.24, 2.45) is 23.7 Å². The van der Waals surface area contributed by atoms with Gasteiger partial charge >= 0.3 is 5.97 Å². The van der Waals surface area contributed by atoms with Crippen LogP contribution in [0, 0.1) is 23.7 Å². The van der Waals surface area contributed by atoms with Gasteiger partial charge in [-0.1, -0.05) is 12.2 Å². The molecule has 2 N–H and O–H groups in total. The second kappa shape index (κ2) is 6.82. The van der Waals surface area contributed by atoms with E-state index in [9.17, 15) is 24.3 Å². The molecule has 25 heavy (non-hydrogen) atoms. The molecule has 1 aliphatic heterocycles. The Labute approximate surface area is 150 Å². The molecule has 3 aliphatic rings. The van der Waals surface area contributed by atoms with E-state index in [-0.39, 0.29) is 41.9 Å². The fraction of sp³-hybridized carbons (Fsp3) is 0.647. The van der Waals surface area contributed by atoms with Gasteiger partial charge in [0.15, 0.2) is 0 Å². The molecule has 1 heterocycles. The average Bonchev–Trinajstić information content (AvgIpc) is 3.24. The average molecular weight is 366 g/mol. The minimum Gasteiger partial charge on any atom is -0.480 e. The highest BCUT2D eigenvalue weighted by Crippen LogP contribution is 2.52. The van der Waals surface area contributed by atoms with Crippen molar-refractivity contribution >= 4 is 35.5 Å². The number of hydrogen-bond donors (Lipinski definition) is 2. The highest BCUT2D eigenvalue weighted by Gasteiger charge is 2.60. The molecule has 0 aromatic rings. The fourth-order valence-electron chi connectivity index (χ4n) is 4.21. The van der Waals surface area contributed by atoms with E-state index in [2.05, 4.69) is 5.32 Å². The van der Waals surface area contributed by atoms with Gasteiger partial charge in [-0.05, 0) is 43.6 Å². The van der Waals surface area contributed by atoms with E-state index < -0.39 is 24.0 Å². The number of hydrogen-bond acceptors (Lipinski definition) is 5. The summed E-state index contributed by atoms with van der Waals surface area (Å²) in [7, 11) is 0. The highest BCUT2D eigenvalue weighted by atomic mass is 32.2. The van der Waals surface area contributed by atoms with Gasteiger partial charge in [0.1, 0.15) is 12.1 Å². The summed E-state index contributed by atoms with van der Waals surface area (Å²) in [6, 6.07) is -2.02. The number of amides is 3. The van der Waals surface area contributed by atoms with Gasteiger partial charge in [0.05, 0.1) is 11.8 Å². The van der Waals surface area contributed by atoms with E-state index in [1.165, 1.54) is 18.7 Å². The van der Waals surface area contributed by atoms with Crippen LogP contribution in [-0.2, 0) is 19.2 Å². The molecule has 6 unspecified atom stereocenters. The van der Waals surface area contributed by atoms with E-state index >= 15 is 0 Å². The van der Waals surface area contributed by atoms with Crippen LogP contribution in [0.1, 0.15) is 19.8 Å². The van der Waals surface area contributed by atoms with Crippen LogP contribution >= 0.6 is 11.8 Å². The Hall–Kier alpha value is -1.83. The Bertz CT molecular complexity index is 619. The molecule has 7 nitrogen and oxygen atoms in total. The third-order valence-electron chi connectivity index (χ3n) is 5.50. The van der Waals surface area contributed by atoms with Crippen LogP contribution < -0.4 is 5.32 Å². The third-order valence-corrected chi connectivity index (χ3v) is 6.14. The van der Waals surface area contributed by atoms with E-state index in [4.69, 9.17) is 0 Å². The molecule has 8 heteroatoms. The van der Waals surface area contributed by atoms with Crippen LogP contribution in [0.4, 0.5) is 0 Å². The molecule has 1 saturated carbocycles. The summed E-state index contributed by atoms with van der Waals surface area (Å²) in [6.07, 6.45) is 6.96. The predicted molar refractivity (Wildman–Crippen MR) is 91.6 cm³/mol.